The molecule has 0 fully saturated rings. The first-order valence-corrected chi connectivity index (χ1v) is 12.1. The number of ether oxygens (including phenoxy) is 3. The molecule has 3 rings (SSSR count). The van der Waals surface area contributed by atoms with E-state index in [9.17, 15) is 9.59 Å². The van der Waals surface area contributed by atoms with E-state index < -0.39 is 6.10 Å². The number of allylic oxidation sites excluding steroid dienone is 1. The van der Waals surface area contributed by atoms with Gasteiger partial charge in [0.1, 0.15) is 5.75 Å². The van der Waals surface area contributed by atoms with Crippen molar-refractivity contribution < 1.29 is 23.8 Å². The molecule has 0 aliphatic carbocycles. The van der Waals surface area contributed by atoms with Gasteiger partial charge in [0.2, 0.25) is 11.8 Å². The van der Waals surface area contributed by atoms with Crippen LogP contribution < -0.4 is 24.8 Å². The topological polar surface area (TPSA) is 117 Å². The molecule has 0 radical (unpaired) electrons. The fourth-order valence-electron chi connectivity index (χ4n) is 3.37. The highest BCUT2D eigenvalue weighted by Gasteiger charge is 2.21. The third-order valence-electron chi connectivity index (χ3n) is 4.92. The lowest BCUT2D eigenvalue weighted by Crippen LogP contribution is -2.16. The Morgan fingerprint density at radius 3 is 2.47 bits per heavy atom. The van der Waals surface area contributed by atoms with Crippen LogP contribution in [0.1, 0.15) is 25.8 Å². The number of methoxy groups -OCH3 is 2. The Kier molecular flexibility index (Phi) is 9.34. The highest BCUT2D eigenvalue weighted by molar-refractivity contribution is 7.99. The molecule has 0 saturated carbocycles. The zero-order valence-electron chi connectivity index (χ0n) is 20.6. The van der Waals surface area contributed by atoms with Crippen molar-refractivity contribution >= 4 is 35.0 Å². The number of carbonyl (C=O) groups excluding carboxylic acids is 2. The number of para-hydroxylation sites is 2. The molecule has 2 aromatic carbocycles. The first-order chi connectivity index (χ1) is 17.4. The minimum atomic E-state index is -0.427. The molecule has 0 aliphatic rings. The van der Waals surface area contributed by atoms with Gasteiger partial charge in [0.15, 0.2) is 28.6 Å². The monoisotopic (exact) mass is 511 g/mol. The number of benzene rings is 2. The molecule has 0 saturated heterocycles. The van der Waals surface area contributed by atoms with Crippen LogP contribution in [-0.4, -0.2) is 46.6 Å². The summed E-state index contributed by atoms with van der Waals surface area (Å²) in [6.07, 6.45) is 1.30. The average molecular weight is 512 g/mol. The van der Waals surface area contributed by atoms with Crippen LogP contribution in [0, 0.1) is 0 Å². The number of nitrogens with one attached hydrogen (secondary N) is 2. The molecule has 1 unspecified atom stereocenters. The molecule has 1 atom stereocenters. The highest BCUT2D eigenvalue weighted by atomic mass is 32.2. The maximum absolute atomic E-state index is 12.6. The second kappa shape index (κ2) is 12.6. The summed E-state index contributed by atoms with van der Waals surface area (Å²) >= 11 is 1.24. The van der Waals surface area contributed by atoms with Crippen LogP contribution >= 0.6 is 11.8 Å². The third kappa shape index (κ3) is 6.79. The molecule has 0 spiro atoms. The number of amides is 2. The first-order valence-electron chi connectivity index (χ1n) is 11.1. The Balaban J connectivity index is 1.68. The molecule has 36 heavy (non-hydrogen) atoms. The summed E-state index contributed by atoms with van der Waals surface area (Å²) in [5.74, 6) is 1.91. The number of nitrogens with zero attached hydrogens (tertiary/aromatic N) is 3. The molecule has 2 amide bonds. The van der Waals surface area contributed by atoms with Crippen LogP contribution in [0.2, 0.25) is 0 Å². The Bertz CT molecular complexity index is 1230. The Morgan fingerprint density at radius 1 is 1.08 bits per heavy atom. The lowest BCUT2D eigenvalue weighted by Gasteiger charge is -2.17. The number of hydrogen-bond donors (Lipinski definition) is 2. The molecule has 190 valence electrons. The van der Waals surface area contributed by atoms with E-state index in [1.807, 2.05) is 35.8 Å². The lowest BCUT2D eigenvalue weighted by atomic mass is 10.2. The van der Waals surface area contributed by atoms with Crippen molar-refractivity contribution in [1.29, 1.82) is 0 Å². The van der Waals surface area contributed by atoms with Gasteiger partial charge in [0, 0.05) is 19.2 Å². The van der Waals surface area contributed by atoms with Gasteiger partial charge >= 0.3 is 0 Å². The van der Waals surface area contributed by atoms with Gasteiger partial charge in [0.05, 0.1) is 25.7 Å². The predicted molar refractivity (Wildman–Crippen MR) is 139 cm³/mol. The van der Waals surface area contributed by atoms with Crippen molar-refractivity contribution in [2.24, 2.45) is 0 Å². The van der Waals surface area contributed by atoms with Crippen LogP contribution in [0.3, 0.4) is 0 Å². The summed E-state index contributed by atoms with van der Waals surface area (Å²) in [6.45, 7) is 7.53. The standard InChI is InChI=1S/C25H29N5O5S/c1-6-13-30-24(16(2)35-22-10-8-7-9-21(22)34-5)28-29-25(30)36-15-23(32)27-18-11-12-20(33-4)19(14-18)26-17(3)31/h6-12,14,16H,1,13,15H2,2-5H3,(H,26,31)(H,27,32). The smallest absolute Gasteiger partial charge is 0.234 e. The number of aromatic nitrogens is 3. The molecule has 0 bridgehead atoms. The lowest BCUT2D eigenvalue weighted by molar-refractivity contribution is -0.114. The van der Waals surface area contributed by atoms with Crippen molar-refractivity contribution in [3.8, 4) is 17.2 Å². The quantitative estimate of drug-likeness (QED) is 0.273. The molecule has 11 heteroatoms. The van der Waals surface area contributed by atoms with Gasteiger partial charge in [-0.25, -0.2) is 0 Å². The van der Waals surface area contributed by atoms with E-state index in [1.54, 1.807) is 31.4 Å². The maximum Gasteiger partial charge on any atom is 0.234 e. The number of carbonyl (C=O) groups is 2. The van der Waals surface area contributed by atoms with Crippen LogP contribution in [0.5, 0.6) is 17.2 Å². The zero-order valence-corrected chi connectivity index (χ0v) is 21.4. The van der Waals surface area contributed by atoms with E-state index in [0.29, 0.717) is 46.1 Å². The molecule has 1 heterocycles. The number of anilines is 2. The van der Waals surface area contributed by atoms with Gasteiger partial charge in [-0.15, -0.1) is 16.8 Å². The van der Waals surface area contributed by atoms with Crippen molar-refractivity contribution in [3.63, 3.8) is 0 Å². The predicted octanol–water partition coefficient (Wildman–Crippen LogP) is 4.31. The minimum Gasteiger partial charge on any atom is -0.495 e. The van der Waals surface area contributed by atoms with Crippen LogP contribution in [0.15, 0.2) is 60.3 Å². The Hall–Kier alpha value is -3.99. The summed E-state index contributed by atoms with van der Waals surface area (Å²) in [4.78, 5) is 24.1. The molecular formula is C25H29N5O5S. The normalized spacial score (nSPS) is 11.3. The van der Waals surface area contributed by atoms with Gasteiger partial charge in [-0.2, -0.15) is 0 Å². The van der Waals surface area contributed by atoms with Crippen molar-refractivity contribution in [3.05, 3.63) is 60.9 Å². The average Bonchev–Trinajstić information content (AvgIpc) is 3.26. The zero-order chi connectivity index (χ0) is 26.1. The summed E-state index contributed by atoms with van der Waals surface area (Å²) in [6, 6.07) is 12.4. The van der Waals surface area contributed by atoms with E-state index >= 15 is 0 Å². The van der Waals surface area contributed by atoms with E-state index in [0.717, 1.165) is 0 Å². The second-order valence-corrected chi connectivity index (χ2v) is 8.53. The molecule has 0 aliphatic heterocycles. The van der Waals surface area contributed by atoms with E-state index in [4.69, 9.17) is 14.2 Å². The van der Waals surface area contributed by atoms with Gasteiger partial charge in [-0.1, -0.05) is 30.0 Å². The maximum atomic E-state index is 12.6. The van der Waals surface area contributed by atoms with Crippen LogP contribution in [0.25, 0.3) is 0 Å². The second-order valence-electron chi connectivity index (χ2n) is 7.58. The molecule has 2 N–H and O–H groups in total. The first kappa shape index (κ1) is 26.6. The van der Waals surface area contributed by atoms with E-state index in [2.05, 4.69) is 27.4 Å². The fraction of sp³-hybridized carbons (Fsp3) is 0.280. The fourth-order valence-corrected chi connectivity index (χ4v) is 4.12. The van der Waals surface area contributed by atoms with E-state index in [1.165, 1.54) is 25.8 Å². The van der Waals surface area contributed by atoms with Gasteiger partial charge in [0.25, 0.3) is 0 Å². The summed E-state index contributed by atoms with van der Waals surface area (Å²) < 4.78 is 18.5. The van der Waals surface area contributed by atoms with Gasteiger partial charge in [-0.3, -0.25) is 14.2 Å². The van der Waals surface area contributed by atoms with Crippen molar-refractivity contribution in [2.45, 2.75) is 31.7 Å². The van der Waals surface area contributed by atoms with Crippen molar-refractivity contribution in [1.82, 2.24) is 14.8 Å². The largest absolute Gasteiger partial charge is 0.495 e. The van der Waals surface area contributed by atoms with E-state index in [-0.39, 0.29) is 17.6 Å². The van der Waals surface area contributed by atoms with Crippen LogP contribution in [0.4, 0.5) is 11.4 Å². The van der Waals surface area contributed by atoms with Gasteiger partial charge < -0.3 is 24.8 Å². The molecular weight excluding hydrogens is 482 g/mol. The molecule has 1 aromatic heterocycles. The molecule has 3 aromatic rings. The third-order valence-corrected chi connectivity index (χ3v) is 5.89. The number of thioether (sulfide) groups is 1. The SMILES string of the molecule is C=CCn1c(SCC(=O)Nc2ccc(OC)c(NC(C)=O)c2)nnc1C(C)Oc1ccccc1OC. The number of rotatable bonds is 12. The summed E-state index contributed by atoms with van der Waals surface area (Å²) in [7, 11) is 3.09. The Morgan fingerprint density at radius 2 is 1.81 bits per heavy atom. The summed E-state index contributed by atoms with van der Waals surface area (Å²) in [5.41, 5.74) is 0.993. The molecule has 10 nitrogen and oxygen atoms in total. The number of hydrogen-bond acceptors (Lipinski definition) is 8. The summed E-state index contributed by atoms with van der Waals surface area (Å²) in [5, 5.41) is 14.6. The highest BCUT2D eigenvalue weighted by Crippen LogP contribution is 2.31. The van der Waals surface area contributed by atoms with Crippen molar-refractivity contribution in [2.75, 3.05) is 30.6 Å². The Labute approximate surface area is 214 Å². The van der Waals surface area contributed by atoms with Crippen LogP contribution in [-0.2, 0) is 16.1 Å². The van der Waals surface area contributed by atoms with Gasteiger partial charge in [-0.05, 0) is 37.3 Å². The minimum absolute atomic E-state index is 0.0958.